The molecule has 13 heteroatoms. The van der Waals surface area contributed by atoms with Gasteiger partial charge < -0.3 is 29.6 Å². The number of fused-ring (bicyclic) bond motifs is 1. The Hall–Kier alpha value is -4.67. The van der Waals surface area contributed by atoms with Crippen molar-refractivity contribution in [3.63, 3.8) is 0 Å². The molecule has 0 bridgehead atoms. The van der Waals surface area contributed by atoms with E-state index in [1.54, 1.807) is 12.3 Å². The number of carbonyl (C=O) groups excluding carboxylic acids is 2. The van der Waals surface area contributed by atoms with Crippen molar-refractivity contribution in [2.75, 3.05) is 26.9 Å². The lowest BCUT2D eigenvalue weighted by Crippen LogP contribution is -2.66. The Labute approximate surface area is 378 Å². The molecule has 11 nitrogen and oxygen atoms in total. The molecule has 1 fully saturated rings. The number of aromatic hydroxyl groups is 1. The lowest BCUT2D eigenvalue weighted by Gasteiger charge is -2.44. The maximum absolute atomic E-state index is 14.3. The number of methoxy groups -OCH3 is 1. The topological polar surface area (TPSA) is 167 Å². The molecule has 328 valence electrons. The Balaban J connectivity index is 1.41. The van der Waals surface area contributed by atoms with Crippen molar-refractivity contribution in [3.05, 3.63) is 123 Å². The highest BCUT2D eigenvalue weighted by Gasteiger charge is 2.56. The zero-order chi connectivity index (χ0) is 44.6. The Morgan fingerprint density at radius 2 is 1.61 bits per heavy atom. The number of halogens is 1. The Morgan fingerprint density at radius 3 is 2.19 bits per heavy atom. The van der Waals surface area contributed by atoms with Crippen LogP contribution in [0.3, 0.4) is 0 Å². The van der Waals surface area contributed by atoms with Gasteiger partial charge in [-0.15, -0.1) is 0 Å². The van der Waals surface area contributed by atoms with Gasteiger partial charge in [0.25, 0.3) is 8.32 Å². The number of ether oxygens (including phenoxy) is 1. The summed E-state index contributed by atoms with van der Waals surface area (Å²) in [6.07, 6.45) is 4.73. The number of phenolic OH excluding ortho intramolecular Hbond substituents is 1. The predicted octanol–water partition coefficient (Wildman–Crippen LogP) is 7.21. The Kier molecular flexibility index (Phi) is 15.6. The van der Waals surface area contributed by atoms with Crippen LogP contribution >= 0.6 is 22.6 Å². The molecule has 0 radical (unpaired) electrons. The number of carbonyl (C=O) groups is 3. The highest BCUT2D eigenvalue weighted by molar-refractivity contribution is 14.1. The monoisotopic (exact) mass is 972 g/mol. The first-order valence-electron chi connectivity index (χ1n) is 21.2. The van der Waals surface area contributed by atoms with Gasteiger partial charge in [0, 0.05) is 25.1 Å². The number of pyridine rings is 1. The van der Waals surface area contributed by atoms with Crippen LogP contribution in [0, 0.1) is 21.3 Å². The van der Waals surface area contributed by atoms with Crippen LogP contribution < -0.4 is 15.1 Å². The van der Waals surface area contributed by atoms with Crippen LogP contribution in [0.25, 0.3) is 11.6 Å². The average molecular weight is 973 g/mol. The molecule has 2 heterocycles. The number of hydrogen-bond donors (Lipinski definition) is 4. The third-order valence-corrected chi connectivity index (χ3v) is 18.1. The molecule has 4 atom stereocenters. The molecular weight excluding hydrogens is 916 g/mol. The second kappa shape index (κ2) is 20.7. The average Bonchev–Trinajstić information content (AvgIpc) is 3.50. The van der Waals surface area contributed by atoms with E-state index in [2.05, 4.69) is 72.6 Å². The zero-order valence-corrected chi connectivity index (χ0v) is 39.0. The quantitative estimate of drug-likeness (QED) is 0.0248. The summed E-state index contributed by atoms with van der Waals surface area (Å²) >= 11 is 2.06. The number of aliphatic carboxylic acids is 1. The number of rotatable bonds is 19. The summed E-state index contributed by atoms with van der Waals surface area (Å²) in [5.74, 6) is -3.67. The van der Waals surface area contributed by atoms with Gasteiger partial charge in [0.15, 0.2) is 11.5 Å². The van der Waals surface area contributed by atoms with Crippen LogP contribution in [-0.2, 0) is 18.8 Å². The number of aromatic nitrogens is 1. The molecule has 0 unspecified atom stereocenters. The van der Waals surface area contributed by atoms with Gasteiger partial charge in [-0.2, -0.15) is 0 Å². The highest BCUT2D eigenvalue weighted by atomic mass is 127. The highest BCUT2D eigenvalue weighted by Crippen LogP contribution is 2.47. The van der Waals surface area contributed by atoms with Gasteiger partial charge in [-0.1, -0.05) is 93.9 Å². The van der Waals surface area contributed by atoms with E-state index < -0.39 is 44.8 Å². The number of likely N-dealkylation sites (tertiary alicyclic amines) is 1. The summed E-state index contributed by atoms with van der Waals surface area (Å²) in [5, 5.41) is 45.2. The molecule has 0 saturated carbocycles. The first-order valence-corrected chi connectivity index (χ1v) is 24.2. The van der Waals surface area contributed by atoms with Crippen molar-refractivity contribution in [1.29, 1.82) is 0 Å². The summed E-state index contributed by atoms with van der Waals surface area (Å²) in [6.45, 7) is 6.32. The van der Waals surface area contributed by atoms with E-state index >= 15 is 0 Å². The van der Waals surface area contributed by atoms with Crippen LogP contribution in [0.5, 0.6) is 11.5 Å². The number of nitrogens with zero attached hydrogens (tertiary/aromatic N) is 2. The number of hydrogen-bond acceptors (Lipinski definition) is 9. The van der Waals surface area contributed by atoms with Gasteiger partial charge in [0.05, 0.1) is 47.5 Å². The number of phenols is 1. The predicted molar refractivity (Wildman–Crippen MR) is 250 cm³/mol. The molecule has 1 aliphatic heterocycles. The number of carboxylic acid groups (broad SMARTS) is 1. The van der Waals surface area contributed by atoms with Gasteiger partial charge in [-0.3, -0.25) is 24.3 Å². The minimum absolute atomic E-state index is 0.0132. The van der Waals surface area contributed by atoms with Crippen LogP contribution in [0.2, 0.25) is 5.04 Å². The van der Waals surface area contributed by atoms with Crippen molar-refractivity contribution < 1.29 is 44.0 Å². The van der Waals surface area contributed by atoms with E-state index in [0.717, 1.165) is 21.5 Å². The molecule has 0 spiro atoms. The van der Waals surface area contributed by atoms with Gasteiger partial charge in [-0.05, 0) is 123 Å². The molecule has 2 amide bonds. The summed E-state index contributed by atoms with van der Waals surface area (Å²) in [4.78, 5) is 45.5. The van der Waals surface area contributed by atoms with E-state index in [1.807, 2.05) is 66.7 Å². The molecule has 1 aliphatic carbocycles. The molecule has 62 heavy (non-hydrogen) atoms. The third kappa shape index (κ3) is 10.1. The number of allylic oxidation sites excluding steroid dienone is 1. The van der Waals surface area contributed by atoms with E-state index in [0.29, 0.717) is 51.8 Å². The smallest absolute Gasteiger partial charge is 0.303 e. The van der Waals surface area contributed by atoms with Crippen LogP contribution in [-0.4, -0.2) is 89.4 Å². The molecule has 1 aromatic heterocycles. The van der Waals surface area contributed by atoms with Gasteiger partial charge in [0.1, 0.15) is 0 Å². The van der Waals surface area contributed by atoms with Crippen LogP contribution in [0.1, 0.15) is 77.0 Å². The normalized spacial score (nSPS) is 18.9. The second-order valence-electron chi connectivity index (χ2n) is 17.2. The summed E-state index contributed by atoms with van der Waals surface area (Å²) < 4.78 is 13.5. The SMILES string of the molecule is COc1cc(/C=C(/CC[C@@H](O)C2=C(CO[Si](c3ccccc3)(c3ccccc3)C(C)(C)C)C[C@H]3C(=O)N(CCCCCC(=O)O)C(=O)[C@H]3[C@H]2CO)c2ccccn2)cc(I)c1O. The van der Waals surface area contributed by atoms with Crippen molar-refractivity contribution in [2.24, 2.45) is 17.8 Å². The fourth-order valence-electron chi connectivity index (χ4n) is 9.37. The lowest BCUT2D eigenvalue weighted by atomic mass is 9.68. The molecule has 1 saturated heterocycles. The van der Waals surface area contributed by atoms with E-state index in [-0.39, 0.29) is 55.0 Å². The first-order chi connectivity index (χ1) is 29.7. The molecule has 3 aromatic carbocycles. The van der Waals surface area contributed by atoms with E-state index in [4.69, 9.17) is 14.3 Å². The largest absolute Gasteiger partial charge is 0.504 e. The van der Waals surface area contributed by atoms with Gasteiger partial charge >= 0.3 is 5.97 Å². The maximum atomic E-state index is 14.3. The molecule has 4 N–H and O–H groups in total. The summed E-state index contributed by atoms with van der Waals surface area (Å²) in [7, 11) is -1.62. The zero-order valence-electron chi connectivity index (χ0n) is 35.8. The molecule has 4 aromatic rings. The standard InChI is InChI=1S/C49H57IN2O9Si/c1-49(2,3)62(35-16-8-5-9-17-35,36-18-10-6-11-19-36)61-31-34-29-37-45(48(59)52(47(37)58)25-15-7-12-21-43(55)56)38(30-53)44(34)41(54)23-22-33(40-20-13-14-24-51-40)26-32-27-39(50)46(57)42(28-32)60-4/h5-6,8-11,13-14,16-20,24,26-28,37-38,41,45,53-54,57H,7,12,15,21-23,25,29-31H2,1-4H3,(H,55,56)/b33-26-/t37-,38+,41-,45-/m1/s1. The van der Waals surface area contributed by atoms with E-state index in [1.165, 1.54) is 12.0 Å². The Morgan fingerprint density at radius 1 is 0.952 bits per heavy atom. The number of aliphatic hydroxyl groups is 2. The first kappa shape index (κ1) is 46.8. The minimum Gasteiger partial charge on any atom is -0.504 e. The number of imide groups is 1. The molecular formula is C49H57IN2O9Si. The fraction of sp³-hybridized carbons (Fsp3) is 0.388. The summed E-state index contributed by atoms with van der Waals surface area (Å²) in [6, 6.07) is 29.6. The van der Waals surface area contributed by atoms with Crippen molar-refractivity contribution in [2.45, 2.75) is 76.9 Å². The van der Waals surface area contributed by atoms with Crippen LogP contribution in [0.4, 0.5) is 0 Å². The summed E-state index contributed by atoms with van der Waals surface area (Å²) in [5.41, 5.74) is 3.51. The molecule has 6 rings (SSSR count). The number of benzene rings is 3. The van der Waals surface area contributed by atoms with Crippen LogP contribution in [0.15, 0.2) is 108 Å². The minimum atomic E-state index is -3.11. The van der Waals surface area contributed by atoms with Crippen molar-refractivity contribution >= 4 is 70.7 Å². The number of amides is 2. The number of unbranched alkanes of at least 4 members (excludes halogenated alkanes) is 2. The Bertz CT molecular complexity index is 2220. The lowest BCUT2D eigenvalue weighted by molar-refractivity contribution is -0.141. The van der Waals surface area contributed by atoms with Gasteiger partial charge in [-0.25, -0.2) is 0 Å². The molecule has 2 aliphatic rings. The third-order valence-electron chi connectivity index (χ3n) is 12.3. The number of aliphatic hydroxyl groups excluding tert-OH is 2. The van der Waals surface area contributed by atoms with Crippen molar-refractivity contribution in [3.8, 4) is 11.5 Å². The maximum Gasteiger partial charge on any atom is 0.303 e. The van der Waals surface area contributed by atoms with Crippen molar-refractivity contribution in [1.82, 2.24) is 9.88 Å². The number of carboxylic acids is 1. The van der Waals surface area contributed by atoms with Gasteiger partial charge in [0.2, 0.25) is 11.8 Å². The fourth-order valence-corrected chi connectivity index (χ4v) is 14.5. The second-order valence-corrected chi connectivity index (χ2v) is 22.6. The van der Waals surface area contributed by atoms with E-state index in [9.17, 15) is 29.7 Å².